The number of hydrogen-bond acceptors (Lipinski definition) is 4. The average Bonchev–Trinajstić information content (AvgIpc) is 2.13. The molecule has 0 amide bonds. The van der Waals surface area contributed by atoms with Crippen molar-refractivity contribution in [3.63, 3.8) is 0 Å². The normalized spacial score (nSPS) is 13.4. The van der Waals surface area contributed by atoms with Crippen molar-refractivity contribution in [1.29, 1.82) is 0 Å². The van der Waals surface area contributed by atoms with E-state index < -0.39 is 16.8 Å². The van der Waals surface area contributed by atoms with Gasteiger partial charge in [0.25, 0.3) is 0 Å². The molecular weight excluding hydrogens is 218 g/mol. The molecule has 0 aliphatic heterocycles. The summed E-state index contributed by atoms with van der Waals surface area (Å²) in [7, 11) is 1.61. The van der Waals surface area contributed by atoms with Gasteiger partial charge in [-0.1, -0.05) is 6.58 Å². The van der Waals surface area contributed by atoms with Crippen LogP contribution in [0.15, 0.2) is 12.3 Å². The zero-order chi connectivity index (χ0) is 13.9. The van der Waals surface area contributed by atoms with Gasteiger partial charge < -0.3 is 19.1 Å². The zero-order valence-electron chi connectivity index (χ0n) is 12.1. The molecule has 98 valence electrons. The Balaban J connectivity index is 4.30. The highest BCUT2D eigenvalue weighted by atomic mass is 16.6. The number of rotatable bonds is 7. The van der Waals surface area contributed by atoms with Gasteiger partial charge in [0, 0.05) is 0 Å². The lowest BCUT2D eigenvalue weighted by Crippen LogP contribution is -2.49. The van der Waals surface area contributed by atoms with Gasteiger partial charge in [0.05, 0.1) is 17.0 Å². The summed E-state index contributed by atoms with van der Waals surface area (Å²) in [6.07, 6.45) is 0. The highest BCUT2D eigenvalue weighted by Crippen LogP contribution is 2.25. The van der Waals surface area contributed by atoms with Crippen LogP contribution in [0.4, 0.5) is 0 Å². The van der Waals surface area contributed by atoms with E-state index in [0.29, 0.717) is 5.76 Å². The average molecular weight is 242 g/mol. The van der Waals surface area contributed by atoms with E-state index in [1.165, 1.54) is 0 Å². The Morgan fingerprint density at radius 1 is 1.12 bits per heavy atom. The molecule has 0 bridgehead atoms. The van der Waals surface area contributed by atoms with E-state index in [1.807, 2.05) is 27.7 Å². The van der Waals surface area contributed by atoms with Crippen LogP contribution in [0.25, 0.3) is 0 Å². The highest BCUT2D eigenvalue weighted by molar-refractivity contribution is 6.18. The summed E-state index contributed by atoms with van der Waals surface area (Å²) in [5.74, 6) is 0.530. The van der Waals surface area contributed by atoms with Crippen LogP contribution >= 0.6 is 0 Å². The molecule has 0 aliphatic rings. The van der Waals surface area contributed by atoms with Crippen molar-refractivity contribution in [3.8, 4) is 0 Å². The van der Waals surface area contributed by atoms with Gasteiger partial charge >= 0.3 is 15.7 Å². The van der Waals surface area contributed by atoms with Gasteiger partial charge in [-0.15, -0.1) is 0 Å². The maximum absolute atomic E-state index is 9.91. The van der Waals surface area contributed by atoms with Gasteiger partial charge in [0.1, 0.15) is 5.60 Å². The van der Waals surface area contributed by atoms with Gasteiger partial charge in [-0.2, -0.15) is 0 Å². The summed E-state index contributed by atoms with van der Waals surface area (Å²) in [6.45, 7) is 14.5. The lowest BCUT2D eigenvalue weighted by atomic mass is 9.88. The molecule has 0 aromatic heterocycles. The fraction of sp³-hybridized carbons (Fsp3) is 0.818. The first-order valence-electron chi connectivity index (χ1n) is 5.68. The fourth-order valence-electron chi connectivity index (χ4n) is 0.827. The maximum atomic E-state index is 9.91. The minimum Gasteiger partial charge on any atom is -0.569 e. The molecule has 0 rings (SSSR count). The third kappa shape index (κ3) is 4.74. The van der Waals surface area contributed by atoms with Crippen LogP contribution in [0.5, 0.6) is 0 Å². The molecule has 0 atom stereocenters. The second-order valence-electron chi connectivity index (χ2n) is 5.61. The Hall–Kier alpha value is -0.450. The van der Waals surface area contributed by atoms with E-state index in [2.05, 4.69) is 6.58 Å². The molecule has 0 radical (unpaired) electrons. The predicted molar refractivity (Wildman–Crippen MR) is 72.5 cm³/mol. The third-order valence-electron chi connectivity index (χ3n) is 3.23. The van der Waals surface area contributed by atoms with Gasteiger partial charge in [0.15, 0.2) is 0 Å². The Kier molecular flexibility index (Phi) is 5.32. The first-order chi connectivity index (χ1) is 7.44. The summed E-state index contributed by atoms with van der Waals surface area (Å²) >= 11 is 0. The zero-order valence-corrected chi connectivity index (χ0v) is 12.1. The molecule has 6 heteroatoms. The Morgan fingerprint density at radius 2 is 1.59 bits per heavy atom. The molecule has 0 aliphatic carbocycles. The second kappa shape index (κ2) is 5.46. The van der Waals surface area contributed by atoms with Gasteiger partial charge in [-0.05, 0) is 41.5 Å². The Bertz CT molecular complexity index is 269. The van der Waals surface area contributed by atoms with Crippen molar-refractivity contribution >= 4 is 15.7 Å². The van der Waals surface area contributed by atoms with Crippen molar-refractivity contribution in [2.75, 3.05) is 0 Å². The van der Waals surface area contributed by atoms with Crippen LogP contribution in [-0.4, -0.2) is 37.6 Å². The van der Waals surface area contributed by atoms with E-state index in [4.69, 9.17) is 14.0 Å². The molecule has 0 aromatic carbocycles. The first-order valence-corrected chi connectivity index (χ1v) is 5.68. The van der Waals surface area contributed by atoms with E-state index >= 15 is 0 Å². The molecule has 0 spiro atoms. The quantitative estimate of drug-likeness (QED) is 0.527. The van der Waals surface area contributed by atoms with Crippen LogP contribution in [0, 0.1) is 0 Å². The number of aliphatic hydroxyl groups is 1. The molecule has 0 unspecified atom stereocenters. The molecular formula is C11H24B2O4. The van der Waals surface area contributed by atoms with Gasteiger partial charge in [0.2, 0.25) is 0 Å². The van der Waals surface area contributed by atoms with Crippen LogP contribution < -0.4 is 0 Å². The SMILES string of the molecule is BOC(=C)C(C)(C)OBOC(C)(C)C(C)(C)O. The lowest BCUT2D eigenvalue weighted by molar-refractivity contribution is -0.102. The van der Waals surface area contributed by atoms with Crippen molar-refractivity contribution < 1.29 is 19.1 Å². The lowest BCUT2D eigenvalue weighted by Gasteiger charge is -2.38. The van der Waals surface area contributed by atoms with E-state index in [9.17, 15) is 5.11 Å². The molecule has 0 fully saturated rings. The molecule has 0 saturated heterocycles. The molecule has 0 heterocycles. The Morgan fingerprint density at radius 3 is 1.94 bits per heavy atom. The summed E-state index contributed by atoms with van der Waals surface area (Å²) in [5.41, 5.74) is -2.26. The van der Waals surface area contributed by atoms with Crippen molar-refractivity contribution in [1.82, 2.24) is 0 Å². The molecule has 4 nitrogen and oxygen atoms in total. The predicted octanol–water partition coefficient (Wildman–Crippen LogP) is 0.693. The summed E-state index contributed by atoms with van der Waals surface area (Å²) < 4.78 is 16.2. The third-order valence-corrected chi connectivity index (χ3v) is 3.23. The van der Waals surface area contributed by atoms with Crippen molar-refractivity contribution in [2.24, 2.45) is 0 Å². The minimum absolute atomic E-state index is 0.0619. The van der Waals surface area contributed by atoms with E-state index in [1.54, 1.807) is 21.9 Å². The maximum Gasteiger partial charge on any atom is 0.439 e. The fourth-order valence-corrected chi connectivity index (χ4v) is 0.827. The van der Waals surface area contributed by atoms with Gasteiger partial charge in [-0.25, -0.2) is 0 Å². The van der Waals surface area contributed by atoms with Gasteiger partial charge in [-0.3, -0.25) is 0 Å². The van der Waals surface area contributed by atoms with Crippen molar-refractivity contribution in [2.45, 2.75) is 58.3 Å². The summed E-state index contributed by atoms with van der Waals surface area (Å²) in [6, 6.07) is 0. The number of hydrogen-bond donors (Lipinski definition) is 1. The topological polar surface area (TPSA) is 47.9 Å². The second-order valence-corrected chi connectivity index (χ2v) is 5.61. The van der Waals surface area contributed by atoms with Crippen LogP contribution in [0.1, 0.15) is 41.5 Å². The van der Waals surface area contributed by atoms with Crippen LogP contribution in [-0.2, 0) is 14.0 Å². The molecule has 17 heavy (non-hydrogen) atoms. The standard InChI is InChI=1S/C11H24B2O4/c1-8(15-12)9(2,3)16-13-17-11(6,7)10(4,5)14/h13-14H,1,12H2,2-7H3. The summed E-state index contributed by atoms with van der Waals surface area (Å²) in [4.78, 5) is 0. The van der Waals surface area contributed by atoms with Crippen LogP contribution in [0.2, 0.25) is 0 Å². The summed E-state index contributed by atoms with van der Waals surface area (Å²) in [5, 5.41) is 9.91. The minimum atomic E-state index is -0.946. The molecule has 1 N–H and O–H groups in total. The van der Waals surface area contributed by atoms with E-state index in [0.717, 1.165) is 0 Å². The monoisotopic (exact) mass is 242 g/mol. The van der Waals surface area contributed by atoms with Crippen molar-refractivity contribution in [3.05, 3.63) is 12.3 Å². The largest absolute Gasteiger partial charge is 0.569 e. The Labute approximate surface area is 106 Å². The highest BCUT2D eigenvalue weighted by Gasteiger charge is 2.36. The first kappa shape index (κ1) is 16.5. The molecule has 0 aromatic rings. The molecule has 0 saturated carbocycles. The smallest absolute Gasteiger partial charge is 0.439 e. The van der Waals surface area contributed by atoms with Crippen LogP contribution in [0.3, 0.4) is 0 Å². The van der Waals surface area contributed by atoms with E-state index in [-0.39, 0.29) is 7.69 Å².